The summed E-state index contributed by atoms with van der Waals surface area (Å²) in [6.45, 7) is 0.808. The van der Waals surface area contributed by atoms with E-state index in [1.54, 1.807) is 21.3 Å². The first-order chi connectivity index (χ1) is 20.6. The zero-order chi connectivity index (χ0) is 29.1. The number of amides is 1. The van der Waals surface area contributed by atoms with Crippen LogP contribution in [-0.2, 0) is 13.2 Å². The number of carbonyl (C=O) groups excluding carboxylic acids is 1. The Labute approximate surface area is 244 Å². The Morgan fingerprint density at radius 3 is 2.12 bits per heavy atom. The zero-order valence-corrected chi connectivity index (χ0v) is 23.7. The molecule has 8 heteroatoms. The number of benzene rings is 4. The quantitative estimate of drug-likeness (QED) is 0.212. The van der Waals surface area contributed by atoms with Gasteiger partial charge in [-0.15, -0.1) is 0 Å². The maximum absolute atomic E-state index is 13.9. The molecule has 5 aromatic rings. The van der Waals surface area contributed by atoms with Crippen LogP contribution in [-0.4, -0.2) is 42.3 Å². The zero-order valence-electron chi connectivity index (χ0n) is 23.7. The van der Waals surface area contributed by atoms with E-state index in [9.17, 15) is 4.79 Å². The highest BCUT2D eigenvalue weighted by molar-refractivity contribution is 6.00. The van der Waals surface area contributed by atoms with Gasteiger partial charge in [-0.2, -0.15) is 5.10 Å². The molecular weight excluding hydrogens is 530 g/mol. The van der Waals surface area contributed by atoms with Crippen LogP contribution >= 0.6 is 0 Å². The van der Waals surface area contributed by atoms with Crippen molar-refractivity contribution in [2.24, 2.45) is 0 Å². The first kappa shape index (κ1) is 27.0. The predicted octanol–water partition coefficient (Wildman–Crippen LogP) is 6.43. The molecule has 1 aliphatic heterocycles. The highest BCUT2D eigenvalue weighted by Crippen LogP contribution is 2.45. The van der Waals surface area contributed by atoms with E-state index in [1.807, 2.05) is 102 Å². The molecule has 0 aliphatic carbocycles. The monoisotopic (exact) mass is 561 g/mol. The standard InChI is InChI=1S/C34H31N3O5/c1-39-26-14-9-22(10-15-26)20-37-33(25-13-18-28(29(19-25)41-3)42-21-23-7-5-4-6-8-23)30-31(35-36-32(30)34(37)38)24-11-16-27(40-2)17-12-24/h4-19,33H,20-21H2,1-3H3,(H,35,36). The summed E-state index contributed by atoms with van der Waals surface area (Å²) in [5.74, 6) is 2.59. The summed E-state index contributed by atoms with van der Waals surface area (Å²) in [7, 11) is 4.89. The third-order valence-electron chi connectivity index (χ3n) is 7.48. The molecule has 1 amide bonds. The Morgan fingerprint density at radius 1 is 0.762 bits per heavy atom. The lowest BCUT2D eigenvalue weighted by molar-refractivity contribution is 0.0730. The summed E-state index contributed by atoms with van der Waals surface area (Å²) in [5, 5.41) is 7.62. The summed E-state index contributed by atoms with van der Waals surface area (Å²) in [4.78, 5) is 15.7. The fourth-order valence-electron chi connectivity index (χ4n) is 5.31. The van der Waals surface area contributed by atoms with E-state index < -0.39 is 6.04 Å². The van der Waals surface area contributed by atoms with Gasteiger partial charge in [-0.3, -0.25) is 9.89 Å². The number of nitrogens with zero attached hydrogens (tertiary/aromatic N) is 2. The van der Waals surface area contributed by atoms with Gasteiger partial charge in [-0.25, -0.2) is 0 Å². The Balaban J connectivity index is 1.40. The summed E-state index contributed by atoms with van der Waals surface area (Å²) >= 11 is 0. The average molecular weight is 562 g/mol. The molecule has 1 aromatic heterocycles. The van der Waals surface area contributed by atoms with Crippen LogP contribution in [0, 0.1) is 0 Å². The van der Waals surface area contributed by atoms with E-state index in [2.05, 4.69) is 10.2 Å². The molecule has 212 valence electrons. The molecule has 0 radical (unpaired) electrons. The van der Waals surface area contributed by atoms with Gasteiger partial charge in [0.15, 0.2) is 11.5 Å². The molecule has 1 N–H and O–H groups in total. The van der Waals surface area contributed by atoms with Crippen LogP contribution in [0.15, 0.2) is 97.1 Å². The molecule has 0 fully saturated rings. The van der Waals surface area contributed by atoms with Crippen molar-refractivity contribution in [1.82, 2.24) is 15.1 Å². The topological polar surface area (TPSA) is 85.9 Å². The molecule has 2 heterocycles. The predicted molar refractivity (Wildman–Crippen MR) is 159 cm³/mol. The second-order valence-corrected chi connectivity index (χ2v) is 9.96. The SMILES string of the molecule is COc1ccc(CN2C(=O)c3[nH]nc(-c4ccc(OC)cc4)c3C2c2ccc(OCc3ccccc3)c(OC)c2)cc1. The molecule has 0 saturated heterocycles. The van der Waals surface area contributed by atoms with Gasteiger partial charge in [0.2, 0.25) is 0 Å². The molecule has 0 saturated carbocycles. The van der Waals surface area contributed by atoms with E-state index in [0.717, 1.165) is 39.3 Å². The smallest absolute Gasteiger partial charge is 0.273 e. The number of aromatic nitrogens is 2. The number of nitrogens with one attached hydrogen (secondary N) is 1. The van der Waals surface area contributed by atoms with Gasteiger partial charge >= 0.3 is 0 Å². The van der Waals surface area contributed by atoms with Crippen molar-refractivity contribution in [3.05, 3.63) is 125 Å². The minimum Gasteiger partial charge on any atom is -0.497 e. The number of H-pyrrole nitrogens is 1. The third-order valence-corrected chi connectivity index (χ3v) is 7.48. The normalized spacial score (nSPS) is 14.0. The Morgan fingerprint density at radius 2 is 1.45 bits per heavy atom. The largest absolute Gasteiger partial charge is 0.497 e. The third kappa shape index (κ3) is 5.14. The van der Waals surface area contributed by atoms with E-state index in [0.29, 0.717) is 36.0 Å². The highest BCUT2D eigenvalue weighted by atomic mass is 16.5. The Hall–Kier alpha value is -5.24. The van der Waals surface area contributed by atoms with Crippen molar-refractivity contribution >= 4 is 5.91 Å². The van der Waals surface area contributed by atoms with Gasteiger partial charge in [-0.1, -0.05) is 48.5 Å². The number of carbonyl (C=O) groups is 1. The molecule has 1 aliphatic rings. The molecule has 1 atom stereocenters. The Bertz CT molecular complexity index is 1680. The first-order valence-corrected chi connectivity index (χ1v) is 13.6. The second kappa shape index (κ2) is 11.7. The van der Waals surface area contributed by atoms with Crippen LogP contribution in [0.3, 0.4) is 0 Å². The number of hydrogen-bond donors (Lipinski definition) is 1. The molecule has 0 spiro atoms. The number of rotatable bonds is 10. The van der Waals surface area contributed by atoms with E-state index >= 15 is 0 Å². The summed E-state index contributed by atoms with van der Waals surface area (Å²) < 4.78 is 22.6. The fraction of sp³-hybridized carbons (Fsp3) is 0.176. The van der Waals surface area contributed by atoms with Crippen LogP contribution in [0.2, 0.25) is 0 Å². The lowest BCUT2D eigenvalue weighted by Gasteiger charge is -2.27. The second-order valence-electron chi connectivity index (χ2n) is 9.96. The number of hydrogen-bond acceptors (Lipinski definition) is 6. The summed E-state index contributed by atoms with van der Waals surface area (Å²) in [5.41, 5.74) is 5.81. The van der Waals surface area contributed by atoms with Crippen molar-refractivity contribution in [2.45, 2.75) is 19.2 Å². The maximum Gasteiger partial charge on any atom is 0.273 e. The van der Waals surface area contributed by atoms with Crippen molar-refractivity contribution in [2.75, 3.05) is 21.3 Å². The molecule has 1 unspecified atom stereocenters. The van der Waals surface area contributed by atoms with Crippen LogP contribution in [0.1, 0.15) is 38.8 Å². The molecule has 6 rings (SSSR count). The first-order valence-electron chi connectivity index (χ1n) is 13.6. The van der Waals surface area contributed by atoms with Crippen molar-refractivity contribution in [1.29, 1.82) is 0 Å². The van der Waals surface area contributed by atoms with Crippen LogP contribution in [0.25, 0.3) is 11.3 Å². The minimum atomic E-state index is -0.414. The van der Waals surface area contributed by atoms with Gasteiger partial charge in [0, 0.05) is 17.7 Å². The van der Waals surface area contributed by atoms with Crippen molar-refractivity contribution in [3.63, 3.8) is 0 Å². The molecular formula is C34H31N3O5. The number of ether oxygens (including phenoxy) is 4. The lowest BCUT2D eigenvalue weighted by Crippen LogP contribution is -2.29. The summed E-state index contributed by atoms with van der Waals surface area (Å²) in [6.07, 6.45) is 0. The lowest BCUT2D eigenvalue weighted by atomic mass is 9.95. The molecule has 0 bridgehead atoms. The van der Waals surface area contributed by atoms with Crippen LogP contribution < -0.4 is 18.9 Å². The highest BCUT2D eigenvalue weighted by Gasteiger charge is 2.42. The van der Waals surface area contributed by atoms with Crippen molar-refractivity contribution in [3.8, 4) is 34.3 Å². The van der Waals surface area contributed by atoms with Gasteiger partial charge in [0.25, 0.3) is 5.91 Å². The minimum absolute atomic E-state index is 0.124. The van der Waals surface area contributed by atoms with Gasteiger partial charge in [0.1, 0.15) is 23.8 Å². The van der Waals surface area contributed by atoms with E-state index in [-0.39, 0.29) is 5.91 Å². The van der Waals surface area contributed by atoms with E-state index in [4.69, 9.17) is 18.9 Å². The van der Waals surface area contributed by atoms with Gasteiger partial charge in [-0.05, 0) is 65.2 Å². The maximum atomic E-state index is 13.9. The number of aromatic amines is 1. The van der Waals surface area contributed by atoms with Crippen LogP contribution in [0.5, 0.6) is 23.0 Å². The molecule has 42 heavy (non-hydrogen) atoms. The van der Waals surface area contributed by atoms with Crippen molar-refractivity contribution < 1.29 is 23.7 Å². The fourth-order valence-corrected chi connectivity index (χ4v) is 5.31. The molecule has 8 nitrogen and oxygen atoms in total. The average Bonchev–Trinajstić information content (AvgIpc) is 3.59. The van der Waals surface area contributed by atoms with Gasteiger partial charge < -0.3 is 23.8 Å². The number of fused-ring (bicyclic) bond motifs is 1. The van der Waals surface area contributed by atoms with Crippen LogP contribution in [0.4, 0.5) is 0 Å². The van der Waals surface area contributed by atoms with E-state index in [1.165, 1.54) is 0 Å². The summed E-state index contributed by atoms with van der Waals surface area (Å²) in [6, 6.07) is 30.8. The van der Waals surface area contributed by atoms with Gasteiger partial charge in [0.05, 0.1) is 33.1 Å². The number of methoxy groups -OCH3 is 3. The molecule has 4 aromatic carbocycles. The Kier molecular flexibility index (Phi) is 7.51.